The molecule has 0 bridgehead atoms. The molecule has 0 aliphatic rings. The van der Waals surface area contributed by atoms with Crippen molar-refractivity contribution in [2.24, 2.45) is 0 Å². The Balaban J connectivity index is 1.98. The van der Waals surface area contributed by atoms with Crippen molar-refractivity contribution in [3.05, 3.63) is 62.4 Å². The number of anilines is 1. The van der Waals surface area contributed by atoms with Crippen molar-refractivity contribution in [3.8, 4) is 11.3 Å². The van der Waals surface area contributed by atoms with E-state index in [9.17, 15) is 18.0 Å². The lowest BCUT2D eigenvalue weighted by molar-refractivity contribution is -0.137. The summed E-state index contributed by atoms with van der Waals surface area (Å²) in [4.78, 5) is 16.3. The molecule has 0 fully saturated rings. The Labute approximate surface area is 171 Å². The molecule has 3 rings (SSSR count). The van der Waals surface area contributed by atoms with Gasteiger partial charge in [0.25, 0.3) is 5.91 Å². The molecule has 2 heterocycles. The van der Waals surface area contributed by atoms with Gasteiger partial charge in [0.05, 0.1) is 20.6 Å². The van der Waals surface area contributed by atoms with E-state index < -0.39 is 17.6 Å². The molecule has 3 aromatic rings. The third kappa shape index (κ3) is 3.94. The fourth-order valence-electron chi connectivity index (χ4n) is 2.39. The van der Waals surface area contributed by atoms with Gasteiger partial charge in [-0.25, -0.2) is 4.98 Å². The van der Waals surface area contributed by atoms with E-state index in [1.807, 2.05) is 0 Å². The first-order valence-corrected chi connectivity index (χ1v) is 8.67. The van der Waals surface area contributed by atoms with Gasteiger partial charge < -0.3 is 9.84 Å². The molecule has 0 aliphatic heterocycles. The van der Waals surface area contributed by atoms with E-state index in [2.05, 4.69) is 15.5 Å². The summed E-state index contributed by atoms with van der Waals surface area (Å²) in [5.41, 5.74) is -0.694. The highest BCUT2D eigenvalue weighted by molar-refractivity contribution is 6.39. The molecule has 0 saturated carbocycles. The number of benzene rings is 1. The van der Waals surface area contributed by atoms with Crippen LogP contribution in [0.2, 0.25) is 15.1 Å². The Kier molecular flexibility index (Phi) is 5.56. The van der Waals surface area contributed by atoms with E-state index in [-0.39, 0.29) is 43.5 Å². The molecule has 146 valence electrons. The summed E-state index contributed by atoms with van der Waals surface area (Å²) in [7, 11) is 0. The monoisotopic (exact) mass is 449 g/mol. The smallest absolute Gasteiger partial charge is 0.360 e. The normalized spacial score (nSPS) is 11.5. The third-order valence-electron chi connectivity index (χ3n) is 3.69. The maximum Gasteiger partial charge on any atom is 0.417 e. The largest absolute Gasteiger partial charge is 0.417 e. The van der Waals surface area contributed by atoms with Crippen LogP contribution >= 0.6 is 34.8 Å². The molecular formula is C17H9Cl3F3N3O2. The van der Waals surface area contributed by atoms with Crippen LogP contribution in [0.5, 0.6) is 0 Å². The van der Waals surface area contributed by atoms with Crippen molar-refractivity contribution in [2.75, 3.05) is 5.32 Å². The lowest BCUT2D eigenvalue weighted by atomic mass is 10.1. The maximum atomic E-state index is 12.7. The first kappa shape index (κ1) is 20.4. The highest BCUT2D eigenvalue weighted by atomic mass is 35.5. The van der Waals surface area contributed by atoms with Crippen LogP contribution in [0.15, 0.2) is 35.0 Å². The van der Waals surface area contributed by atoms with E-state index in [0.29, 0.717) is 12.3 Å². The molecule has 0 saturated heterocycles. The van der Waals surface area contributed by atoms with Crippen molar-refractivity contribution in [2.45, 2.75) is 13.1 Å². The zero-order chi connectivity index (χ0) is 20.6. The van der Waals surface area contributed by atoms with E-state index in [0.717, 1.165) is 0 Å². The van der Waals surface area contributed by atoms with Crippen molar-refractivity contribution >= 4 is 46.5 Å². The van der Waals surface area contributed by atoms with Crippen LogP contribution in [0.3, 0.4) is 0 Å². The number of carbonyl (C=O) groups excluding carboxylic acids is 1. The number of nitrogens with one attached hydrogen (secondary N) is 1. The number of aromatic nitrogens is 2. The molecule has 0 radical (unpaired) electrons. The van der Waals surface area contributed by atoms with Crippen molar-refractivity contribution in [1.82, 2.24) is 10.1 Å². The fourth-order valence-corrected chi connectivity index (χ4v) is 3.18. The van der Waals surface area contributed by atoms with Crippen LogP contribution < -0.4 is 5.32 Å². The molecule has 0 spiro atoms. The second kappa shape index (κ2) is 7.62. The van der Waals surface area contributed by atoms with Gasteiger partial charge in [-0.15, -0.1) is 0 Å². The summed E-state index contributed by atoms with van der Waals surface area (Å²) in [5, 5.41) is 6.27. The van der Waals surface area contributed by atoms with Gasteiger partial charge in [0.15, 0.2) is 5.82 Å². The summed E-state index contributed by atoms with van der Waals surface area (Å²) in [6, 6.07) is 5.40. The number of rotatable bonds is 3. The average molecular weight is 451 g/mol. The highest BCUT2D eigenvalue weighted by Crippen LogP contribution is 2.37. The average Bonchev–Trinajstić information content (AvgIpc) is 2.97. The van der Waals surface area contributed by atoms with Gasteiger partial charge in [0.2, 0.25) is 0 Å². The van der Waals surface area contributed by atoms with Crippen LogP contribution in [-0.2, 0) is 6.18 Å². The van der Waals surface area contributed by atoms with Gasteiger partial charge >= 0.3 is 6.18 Å². The molecule has 28 heavy (non-hydrogen) atoms. The molecule has 0 unspecified atom stereocenters. The van der Waals surface area contributed by atoms with Gasteiger partial charge in [-0.05, 0) is 25.1 Å². The predicted octanol–water partition coefficient (Wildman–Crippen LogP) is 6.28. The first-order chi connectivity index (χ1) is 13.1. The number of alkyl halides is 3. The van der Waals surface area contributed by atoms with E-state index in [4.69, 9.17) is 39.3 Å². The number of carbonyl (C=O) groups is 1. The standard InChI is InChI=1S/C17H9Cl3F3N3O2/c1-7-12(14(26-28-7)13-9(18)3-2-4-10(13)19)16(27)25-15-11(20)5-8(6-24-15)17(21,22)23/h2-6H,1H3,(H,24,25,27). The molecule has 1 aromatic carbocycles. The molecule has 1 N–H and O–H groups in total. The van der Waals surface area contributed by atoms with Crippen molar-refractivity contribution < 1.29 is 22.5 Å². The van der Waals surface area contributed by atoms with Crippen LogP contribution in [-0.4, -0.2) is 16.0 Å². The highest BCUT2D eigenvalue weighted by Gasteiger charge is 2.32. The van der Waals surface area contributed by atoms with Gasteiger partial charge in [0.1, 0.15) is 17.0 Å². The molecule has 0 atom stereocenters. The van der Waals surface area contributed by atoms with Gasteiger partial charge in [-0.2, -0.15) is 13.2 Å². The molecule has 2 aromatic heterocycles. The lowest BCUT2D eigenvalue weighted by Gasteiger charge is -2.10. The van der Waals surface area contributed by atoms with Gasteiger partial charge in [0, 0.05) is 11.8 Å². The number of nitrogens with zero attached hydrogens (tertiary/aromatic N) is 2. The zero-order valence-electron chi connectivity index (χ0n) is 13.9. The number of hydrogen-bond acceptors (Lipinski definition) is 4. The summed E-state index contributed by atoms with van der Waals surface area (Å²) < 4.78 is 43.3. The second-order valence-electron chi connectivity index (χ2n) is 5.57. The Bertz CT molecular complexity index is 1050. The van der Waals surface area contributed by atoms with Crippen LogP contribution in [0, 0.1) is 6.92 Å². The minimum atomic E-state index is -4.61. The molecule has 5 nitrogen and oxygen atoms in total. The van der Waals surface area contributed by atoms with Crippen LogP contribution in [0.4, 0.5) is 19.0 Å². The Morgan fingerprint density at radius 2 is 1.79 bits per heavy atom. The minimum Gasteiger partial charge on any atom is -0.360 e. The SMILES string of the molecule is Cc1onc(-c2c(Cl)cccc2Cl)c1C(=O)Nc1ncc(C(F)(F)F)cc1Cl. The molecule has 1 amide bonds. The summed E-state index contributed by atoms with van der Waals surface area (Å²) in [6.07, 6.45) is -4.05. The number of pyridine rings is 1. The van der Waals surface area contributed by atoms with Gasteiger partial charge in [-0.3, -0.25) is 4.79 Å². The number of halogens is 6. The van der Waals surface area contributed by atoms with Crippen molar-refractivity contribution in [1.29, 1.82) is 0 Å². The third-order valence-corrected chi connectivity index (χ3v) is 4.61. The second-order valence-corrected chi connectivity index (χ2v) is 6.79. The summed E-state index contributed by atoms with van der Waals surface area (Å²) in [5.74, 6) is -0.859. The van der Waals surface area contributed by atoms with E-state index >= 15 is 0 Å². The zero-order valence-corrected chi connectivity index (χ0v) is 16.1. The quantitative estimate of drug-likeness (QED) is 0.510. The minimum absolute atomic E-state index is 0.00670. The molecular weight excluding hydrogens is 442 g/mol. The predicted molar refractivity (Wildman–Crippen MR) is 98.9 cm³/mol. The Morgan fingerprint density at radius 3 is 2.36 bits per heavy atom. The maximum absolute atomic E-state index is 12.7. The molecule has 11 heteroatoms. The number of hydrogen-bond donors (Lipinski definition) is 1. The fraction of sp³-hybridized carbons (Fsp3) is 0.118. The Hall–Kier alpha value is -2.29. The summed E-state index contributed by atoms with van der Waals surface area (Å²) in [6.45, 7) is 1.48. The first-order valence-electron chi connectivity index (χ1n) is 7.54. The Morgan fingerprint density at radius 1 is 1.14 bits per heavy atom. The molecule has 0 aliphatic carbocycles. The van der Waals surface area contributed by atoms with Crippen LogP contribution in [0.1, 0.15) is 21.7 Å². The number of aryl methyl sites for hydroxylation is 1. The van der Waals surface area contributed by atoms with Crippen molar-refractivity contribution in [3.63, 3.8) is 0 Å². The van der Waals surface area contributed by atoms with E-state index in [1.165, 1.54) is 6.92 Å². The van der Waals surface area contributed by atoms with Crippen LogP contribution in [0.25, 0.3) is 11.3 Å². The lowest BCUT2D eigenvalue weighted by Crippen LogP contribution is -2.16. The van der Waals surface area contributed by atoms with Gasteiger partial charge in [-0.1, -0.05) is 46.0 Å². The number of amides is 1. The summed E-state index contributed by atoms with van der Waals surface area (Å²) >= 11 is 18.1. The van der Waals surface area contributed by atoms with E-state index in [1.54, 1.807) is 18.2 Å². The topological polar surface area (TPSA) is 68.0 Å².